The van der Waals surface area contributed by atoms with E-state index >= 15 is 0 Å². The van der Waals surface area contributed by atoms with E-state index in [4.69, 9.17) is 9.47 Å². The van der Waals surface area contributed by atoms with Gasteiger partial charge in [0.2, 0.25) is 6.79 Å². The van der Waals surface area contributed by atoms with E-state index in [9.17, 15) is 4.79 Å². The smallest absolute Gasteiger partial charge is 0.230 e. The number of Topliss-reactive ketones (excluding diaryl/α,β-unsaturated/α-hetero) is 1. The lowest BCUT2D eigenvalue weighted by Gasteiger charge is -2.12. The average molecular weight is 310 g/mol. The minimum Gasteiger partial charge on any atom is -0.458 e. The van der Waals surface area contributed by atoms with Crippen LogP contribution < -0.4 is 0 Å². The van der Waals surface area contributed by atoms with Gasteiger partial charge in [-0.25, -0.2) is 0 Å². The zero-order chi connectivity index (χ0) is 16.2. The first-order valence-electron chi connectivity index (χ1n) is 8.10. The molecule has 1 heterocycles. The van der Waals surface area contributed by atoms with Gasteiger partial charge in [0.25, 0.3) is 0 Å². The van der Waals surface area contributed by atoms with Crippen molar-refractivity contribution in [2.45, 2.75) is 32.6 Å². The Morgan fingerprint density at radius 2 is 2.04 bits per heavy atom. The molecule has 1 aliphatic heterocycles. The fourth-order valence-electron chi connectivity index (χ4n) is 2.76. The second-order valence-electron chi connectivity index (χ2n) is 6.25. The SMILES string of the molecule is CC(C)c1ccc(C(=O)C/C=C/C2C=CC3=C(C2)OCO3)cc1. The van der Waals surface area contributed by atoms with Crippen molar-refractivity contribution in [2.75, 3.05) is 6.79 Å². The van der Waals surface area contributed by atoms with Crippen LogP contribution in [0.2, 0.25) is 0 Å². The van der Waals surface area contributed by atoms with Crippen LogP contribution in [0.4, 0.5) is 0 Å². The summed E-state index contributed by atoms with van der Waals surface area (Å²) in [5.74, 6) is 2.66. The van der Waals surface area contributed by atoms with E-state index in [1.165, 1.54) is 5.56 Å². The highest BCUT2D eigenvalue weighted by atomic mass is 16.7. The summed E-state index contributed by atoms with van der Waals surface area (Å²) in [5, 5.41) is 0. The second-order valence-corrected chi connectivity index (χ2v) is 6.25. The van der Waals surface area contributed by atoms with Gasteiger partial charge in [0.1, 0.15) is 5.76 Å². The number of carbonyl (C=O) groups excluding carboxylic acids is 1. The van der Waals surface area contributed by atoms with Gasteiger partial charge in [-0.3, -0.25) is 4.79 Å². The van der Waals surface area contributed by atoms with E-state index in [2.05, 4.69) is 26.0 Å². The molecule has 0 radical (unpaired) electrons. The molecule has 0 N–H and O–H groups in total. The molecule has 0 amide bonds. The summed E-state index contributed by atoms with van der Waals surface area (Å²) in [6.45, 7) is 4.62. The van der Waals surface area contributed by atoms with Gasteiger partial charge in [-0.1, -0.05) is 56.3 Å². The van der Waals surface area contributed by atoms with Crippen molar-refractivity contribution in [3.63, 3.8) is 0 Å². The molecule has 0 spiro atoms. The predicted molar refractivity (Wildman–Crippen MR) is 89.9 cm³/mol. The molecule has 3 nitrogen and oxygen atoms in total. The molecular formula is C20H22O3. The van der Waals surface area contributed by atoms with Gasteiger partial charge < -0.3 is 9.47 Å². The second kappa shape index (κ2) is 6.86. The van der Waals surface area contributed by atoms with Gasteiger partial charge in [-0.05, 0) is 17.6 Å². The number of hydrogen-bond donors (Lipinski definition) is 0. The molecule has 120 valence electrons. The fraction of sp³-hybridized carbons (Fsp3) is 0.350. The van der Waals surface area contributed by atoms with E-state index in [1.807, 2.05) is 36.4 Å². The van der Waals surface area contributed by atoms with Gasteiger partial charge in [-0.2, -0.15) is 0 Å². The Balaban J connectivity index is 1.54. The van der Waals surface area contributed by atoms with Crippen LogP contribution in [0, 0.1) is 5.92 Å². The molecule has 0 saturated carbocycles. The quantitative estimate of drug-likeness (QED) is 0.582. The van der Waals surface area contributed by atoms with Crippen LogP contribution in [0.25, 0.3) is 0 Å². The highest BCUT2D eigenvalue weighted by Gasteiger charge is 2.21. The summed E-state index contributed by atoms with van der Waals surface area (Å²) in [6.07, 6.45) is 9.30. The Kier molecular flexibility index (Phi) is 4.65. The van der Waals surface area contributed by atoms with Crippen LogP contribution in [-0.2, 0) is 9.47 Å². The van der Waals surface area contributed by atoms with Crippen LogP contribution in [0.15, 0.2) is 60.1 Å². The molecule has 1 aliphatic carbocycles. The maximum atomic E-state index is 12.2. The fourth-order valence-corrected chi connectivity index (χ4v) is 2.76. The number of allylic oxidation sites excluding steroid dienone is 5. The maximum Gasteiger partial charge on any atom is 0.230 e. The third-order valence-electron chi connectivity index (χ3n) is 4.22. The Labute approximate surface area is 137 Å². The van der Waals surface area contributed by atoms with Crippen molar-refractivity contribution >= 4 is 5.78 Å². The summed E-state index contributed by atoms with van der Waals surface area (Å²) >= 11 is 0. The number of ether oxygens (including phenoxy) is 2. The number of hydrogen-bond acceptors (Lipinski definition) is 3. The average Bonchev–Trinajstić information content (AvgIpc) is 3.02. The Bertz CT molecular complexity index is 663. The van der Waals surface area contributed by atoms with E-state index in [0.717, 1.165) is 23.5 Å². The number of carbonyl (C=O) groups is 1. The number of rotatable bonds is 5. The van der Waals surface area contributed by atoms with Crippen molar-refractivity contribution in [2.24, 2.45) is 5.92 Å². The van der Waals surface area contributed by atoms with Gasteiger partial charge in [0.15, 0.2) is 11.5 Å². The maximum absolute atomic E-state index is 12.2. The minimum absolute atomic E-state index is 0.150. The number of ketones is 1. The predicted octanol–water partition coefficient (Wildman–Crippen LogP) is 4.73. The highest BCUT2D eigenvalue weighted by Crippen LogP contribution is 2.30. The van der Waals surface area contributed by atoms with Gasteiger partial charge in [0, 0.05) is 24.3 Å². The monoisotopic (exact) mass is 310 g/mol. The van der Waals surface area contributed by atoms with Crippen molar-refractivity contribution in [3.05, 3.63) is 71.2 Å². The molecule has 1 atom stereocenters. The standard InChI is InChI=1S/C20H22O3/c1-14(2)16-7-9-17(10-8-16)18(21)5-3-4-15-6-11-19-20(12-15)23-13-22-19/h3-4,6-11,14-15H,5,12-13H2,1-2H3/b4-3+. The molecule has 0 bridgehead atoms. The third kappa shape index (κ3) is 3.73. The largest absolute Gasteiger partial charge is 0.458 e. The topological polar surface area (TPSA) is 35.5 Å². The van der Waals surface area contributed by atoms with Crippen LogP contribution in [0.1, 0.15) is 48.5 Å². The molecule has 1 aromatic rings. The first kappa shape index (κ1) is 15.6. The molecule has 1 unspecified atom stereocenters. The minimum atomic E-state index is 0.150. The lowest BCUT2D eigenvalue weighted by Crippen LogP contribution is -2.02. The molecule has 1 aromatic carbocycles. The molecule has 3 heteroatoms. The molecule has 0 saturated heterocycles. The van der Waals surface area contributed by atoms with Gasteiger partial charge in [0.05, 0.1) is 0 Å². The summed E-state index contributed by atoms with van der Waals surface area (Å²) in [5.41, 5.74) is 2.03. The van der Waals surface area contributed by atoms with E-state index < -0.39 is 0 Å². The zero-order valence-electron chi connectivity index (χ0n) is 13.6. The zero-order valence-corrected chi connectivity index (χ0v) is 13.6. The lowest BCUT2D eigenvalue weighted by atomic mass is 9.96. The van der Waals surface area contributed by atoms with Crippen LogP contribution in [-0.4, -0.2) is 12.6 Å². The van der Waals surface area contributed by atoms with Crippen molar-refractivity contribution in [1.29, 1.82) is 0 Å². The summed E-state index contributed by atoms with van der Waals surface area (Å²) in [7, 11) is 0. The molecule has 2 aliphatic rings. The van der Waals surface area contributed by atoms with E-state index in [-0.39, 0.29) is 11.7 Å². The Morgan fingerprint density at radius 1 is 1.26 bits per heavy atom. The summed E-state index contributed by atoms with van der Waals surface area (Å²) in [6, 6.07) is 7.92. The van der Waals surface area contributed by atoms with Crippen LogP contribution in [0.3, 0.4) is 0 Å². The number of benzene rings is 1. The molecule has 23 heavy (non-hydrogen) atoms. The van der Waals surface area contributed by atoms with Crippen molar-refractivity contribution in [1.82, 2.24) is 0 Å². The highest BCUT2D eigenvalue weighted by molar-refractivity contribution is 5.97. The first-order valence-corrected chi connectivity index (χ1v) is 8.10. The van der Waals surface area contributed by atoms with E-state index in [1.54, 1.807) is 0 Å². The molecule has 0 fully saturated rings. The van der Waals surface area contributed by atoms with Crippen molar-refractivity contribution < 1.29 is 14.3 Å². The van der Waals surface area contributed by atoms with Crippen LogP contribution in [0.5, 0.6) is 0 Å². The summed E-state index contributed by atoms with van der Waals surface area (Å²) in [4.78, 5) is 12.2. The first-order chi connectivity index (χ1) is 11.1. The summed E-state index contributed by atoms with van der Waals surface area (Å²) < 4.78 is 10.7. The lowest BCUT2D eigenvalue weighted by molar-refractivity contribution is 0.0722. The van der Waals surface area contributed by atoms with Gasteiger partial charge in [-0.15, -0.1) is 0 Å². The Morgan fingerprint density at radius 3 is 2.78 bits per heavy atom. The van der Waals surface area contributed by atoms with Gasteiger partial charge >= 0.3 is 0 Å². The van der Waals surface area contributed by atoms with E-state index in [0.29, 0.717) is 19.1 Å². The normalized spacial score (nSPS) is 19.9. The molecule has 3 rings (SSSR count). The van der Waals surface area contributed by atoms with Crippen LogP contribution >= 0.6 is 0 Å². The third-order valence-corrected chi connectivity index (χ3v) is 4.22. The Hall–Kier alpha value is -2.29. The molecular weight excluding hydrogens is 288 g/mol. The molecule has 0 aromatic heterocycles. The van der Waals surface area contributed by atoms with Crippen molar-refractivity contribution in [3.8, 4) is 0 Å².